The normalized spacial score (nSPS) is 24.7. The Labute approximate surface area is 131 Å². The third-order valence-electron chi connectivity index (χ3n) is 5.20. The number of piperazine rings is 1. The number of benzene rings is 1. The summed E-state index contributed by atoms with van der Waals surface area (Å²) in [5.74, 6) is 0. The van der Waals surface area contributed by atoms with Gasteiger partial charge in [-0.05, 0) is 37.5 Å². The molecule has 3 rings (SSSR count). The zero-order chi connectivity index (χ0) is 14.0. The maximum absolute atomic E-state index is 3.64. The van der Waals surface area contributed by atoms with E-state index in [0.29, 0.717) is 11.6 Å². The number of nitrogens with one attached hydrogen (secondary N) is 1. The molecule has 1 heterocycles. The van der Waals surface area contributed by atoms with E-state index in [1.165, 1.54) is 55.2 Å². The van der Waals surface area contributed by atoms with Crippen molar-refractivity contribution in [1.82, 2.24) is 10.2 Å². The summed E-state index contributed by atoms with van der Waals surface area (Å²) in [6.45, 7) is 5.86. The average Bonchev–Trinajstić information content (AvgIpc) is 2.49. The fraction of sp³-hybridized carbons (Fsp3) is 0.647. The second-order valence-electron chi connectivity index (χ2n) is 6.38. The van der Waals surface area contributed by atoms with Crippen molar-refractivity contribution in [2.24, 2.45) is 0 Å². The lowest BCUT2D eigenvalue weighted by molar-refractivity contribution is -0.00279. The van der Waals surface area contributed by atoms with Crippen molar-refractivity contribution >= 4 is 15.9 Å². The van der Waals surface area contributed by atoms with Crippen molar-refractivity contribution in [2.45, 2.75) is 50.6 Å². The SMILES string of the molecule is CC(c1ccc(Br)cc1)N1CCNCC12CCCCC2. The maximum Gasteiger partial charge on any atom is 0.0340 e. The highest BCUT2D eigenvalue weighted by Gasteiger charge is 2.41. The lowest BCUT2D eigenvalue weighted by atomic mass is 9.78. The summed E-state index contributed by atoms with van der Waals surface area (Å²) in [5.41, 5.74) is 1.85. The van der Waals surface area contributed by atoms with E-state index < -0.39 is 0 Å². The average molecular weight is 337 g/mol. The smallest absolute Gasteiger partial charge is 0.0340 e. The number of hydrogen-bond acceptors (Lipinski definition) is 2. The molecule has 0 amide bonds. The Morgan fingerprint density at radius 3 is 2.55 bits per heavy atom. The first-order valence-corrected chi connectivity index (χ1v) is 8.74. The van der Waals surface area contributed by atoms with Crippen LogP contribution in [0.3, 0.4) is 0 Å². The molecule has 2 aliphatic rings. The number of nitrogens with zero attached hydrogens (tertiary/aromatic N) is 1. The van der Waals surface area contributed by atoms with Crippen LogP contribution in [0.5, 0.6) is 0 Å². The molecular formula is C17H25BrN2. The summed E-state index contributed by atoms with van der Waals surface area (Å²) < 4.78 is 1.17. The van der Waals surface area contributed by atoms with E-state index in [0.717, 1.165) is 6.54 Å². The molecule has 0 radical (unpaired) electrons. The van der Waals surface area contributed by atoms with Gasteiger partial charge in [-0.3, -0.25) is 4.90 Å². The van der Waals surface area contributed by atoms with E-state index in [4.69, 9.17) is 0 Å². The fourth-order valence-corrected chi connectivity index (χ4v) is 4.32. The van der Waals surface area contributed by atoms with Crippen LogP contribution in [-0.2, 0) is 0 Å². The molecule has 1 spiro atoms. The molecule has 1 aromatic rings. The molecule has 1 unspecified atom stereocenters. The van der Waals surface area contributed by atoms with Gasteiger partial charge in [-0.2, -0.15) is 0 Å². The van der Waals surface area contributed by atoms with Crippen LogP contribution in [0, 0.1) is 0 Å². The van der Waals surface area contributed by atoms with E-state index in [9.17, 15) is 0 Å². The van der Waals surface area contributed by atoms with E-state index in [1.54, 1.807) is 0 Å². The first-order valence-electron chi connectivity index (χ1n) is 7.94. The van der Waals surface area contributed by atoms with Gasteiger partial charge in [0.05, 0.1) is 0 Å². The highest BCUT2D eigenvalue weighted by atomic mass is 79.9. The topological polar surface area (TPSA) is 15.3 Å². The van der Waals surface area contributed by atoms with Crippen LogP contribution < -0.4 is 5.32 Å². The summed E-state index contributed by atoms with van der Waals surface area (Å²) >= 11 is 3.54. The Hall–Kier alpha value is -0.380. The van der Waals surface area contributed by atoms with Gasteiger partial charge >= 0.3 is 0 Å². The van der Waals surface area contributed by atoms with Crippen molar-refractivity contribution in [3.63, 3.8) is 0 Å². The Bertz CT molecular complexity index is 429. The summed E-state index contributed by atoms with van der Waals surface area (Å²) in [4.78, 5) is 2.78. The number of halogens is 1. The van der Waals surface area contributed by atoms with Gasteiger partial charge in [0.1, 0.15) is 0 Å². The standard InChI is InChI=1S/C17H25BrN2/c1-14(15-5-7-16(18)8-6-15)20-12-11-19-13-17(20)9-3-2-4-10-17/h5-8,14,19H,2-4,9-13H2,1H3. The van der Waals surface area contributed by atoms with Crippen LogP contribution in [0.4, 0.5) is 0 Å². The van der Waals surface area contributed by atoms with Crippen molar-refractivity contribution < 1.29 is 0 Å². The zero-order valence-corrected chi connectivity index (χ0v) is 14.0. The van der Waals surface area contributed by atoms with Gasteiger partial charge < -0.3 is 5.32 Å². The monoisotopic (exact) mass is 336 g/mol. The number of rotatable bonds is 2. The third kappa shape index (κ3) is 2.81. The van der Waals surface area contributed by atoms with E-state index in [2.05, 4.69) is 57.3 Å². The molecule has 1 saturated heterocycles. The highest BCUT2D eigenvalue weighted by molar-refractivity contribution is 9.10. The largest absolute Gasteiger partial charge is 0.314 e. The van der Waals surface area contributed by atoms with Crippen LogP contribution in [-0.4, -0.2) is 30.1 Å². The minimum absolute atomic E-state index is 0.406. The van der Waals surface area contributed by atoms with Crippen LogP contribution >= 0.6 is 15.9 Å². The van der Waals surface area contributed by atoms with Gasteiger partial charge in [0.2, 0.25) is 0 Å². The molecule has 3 heteroatoms. The molecular weight excluding hydrogens is 312 g/mol. The summed E-state index contributed by atoms with van der Waals surface area (Å²) in [7, 11) is 0. The van der Waals surface area contributed by atoms with Crippen LogP contribution in [0.2, 0.25) is 0 Å². The maximum atomic E-state index is 3.64. The first-order chi connectivity index (χ1) is 9.71. The van der Waals surface area contributed by atoms with Crippen LogP contribution in [0.15, 0.2) is 28.7 Å². The van der Waals surface area contributed by atoms with Crippen molar-refractivity contribution in [1.29, 1.82) is 0 Å². The van der Waals surface area contributed by atoms with E-state index in [1.807, 2.05) is 0 Å². The van der Waals surface area contributed by atoms with Crippen molar-refractivity contribution in [2.75, 3.05) is 19.6 Å². The third-order valence-corrected chi connectivity index (χ3v) is 5.73. The molecule has 2 fully saturated rings. The quantitative estimate of drug-likeness (QED) is 0.873. The van der Waals surface area contributed by atoms with E-state index >= 15 is 0 Å². The zero-order valence-electron chi connectivity index (χ0n) is 12.4. The summed E-state index contributed by atoms with van der Waals surface area (Å²) in [6.07, 6.45) is 6.93. The molecule has 20 heavy (non-hydrogen) atoms. The molecule has 1 aromatic carbocycles. The Balaban J connectivity index is 1.83. The van der Waals surface area contributed by atoms with Gasteiger partial charge in [0, 0.05) is 35.7 Å². The second-order valence-corrected chi connectivity index (χ2v) is 7.30. The van der Waals surface area contributed by atoms with E-state index in [-0.39, 0.29) is 0 Å². The molecule has 2 nitrogen and oxygen atoms in total. The second kappa shape index (κ2) is 6.17. The van der Waals surface area contributed by atoms with Gasteiger partial charge in [-0.15, -0.1) is 0 Å². The summed E-state index contributed by atoms with van der Waals surface area (Å²) in [6, 6.07) is 9.40. The Morgan fingerprint density at radius 2 is 1.85 bits per heavy atom. The number of hydrogen-bond donors (Lipinski definition) is 1. The molecule has 1 aliphatic carbocycles. The molecule has 110 valence electrons. The van der Waals surface area contributed by atoms with Gasteiger partial charge in [0.15, 0.2) is 0 Å². The fourth-order valence-electron chi connectivity index (χ4n) is 4.06. The predicted octanol–water partition coefficient (Wildman–Crippen LogP) is 4.12. The predicted molar refractivity (Wildman–Crippen MR) is 87.9 cm³/mol. The van der Waals surface area contributed by atoms with Crippen molar-refractivity contribution in [3.05, 3.63) is 34.3 Å². The molecule has 1 saturated carbocycles. The minimum Gasteiger partial charge on any atom is -0.314 e. The lowest BCUT2D eigenvalue weighted by Gasteiger charge is -2.52. The van der Waals surface area contributed by atoms with Crippen molar-refractivity contribution in [3.8, 4) is 0 Å². The molecule has 0 aromatic heterocycles. The van der Waals surface area contributed by atoms with Gasteiger partial charge in [-0.1, -0.05) is 47.3 Å². The highest BCUT2D eigenvalue weighted by Crippen LogP contribution is 2.39. The molecule has 1 aliphatic heterocycles. The summed E-state index contributed by atoms with van der Waals surface area (Å²) in [5, 5.41) is 3.64. The first kappa shape index (κ1) is 14.6. The van der Waals surface area contributed by atoms with Gasteiger partial charge in [0.25, 0.3) is 0 Å². The van der Waals surface area contributed by atoms with Gasteiger partial charge in [-0.25, -0.2) is 0 Å². The van der Waals surface area contributed by atoms with Crippen LogP contribution in [0.25, 0.3) is 0 Å². The molecule has 1 atom stereocenters. The lowest BCUT2D eigenvalue weighted by Crippen LogP contribution is -2.62. The minimum atomic E-state index is 0.406. The molecule has 0 bridgehead atoms. The molecule has 1 N–H and O–H groups in total. The Kier molecular flexibility index (Phi) is 4.49. The Morgan fingerprint density at radius 1 is 1.15 bits per heavy atom. The van der Waals surface area contributed by atoms with Crippen LogP contribution in [0.1, 0.15) is 50.6 Å².